The van der Waals surface area contributed by atoms with Crippen molar-refractivity contribution in [1.29, 1.82) is 0 Å². The lowest BCUT2D eigenvalue weighted by Gasteiger charge is -2.49. The summed E-state index contributed by atoms with van der Waals surface area (Å²) in [5, 5.41) is 12.5. The molecule has 2 saturated carbocycles. The van der Waals surface area contributed by atoms with Gasteiger partial charge in [-0.05, 0) is 84.9 Å². The van der Waals surface area contributed by atoms with E-state index in [-0.39, 0.29) is 6.10 Å². The van der Waals surface area contributed by atoms with Crippen molar-refractivity contribution in [3.63, 3.8) is 0 Å². The Morgan fingerprint density at radius 2 is 1.90 bits per heavy atom. The first kappa shape index (κ1) is 24.5. The van der Waals surface area contributed by atoms with Gasteiger partial charge in [-0.15, -0.1) is 11.3 Å². The Morgan fingerprint density at radius 3 is 2.53 bits per heavy atom. The third-order valence-electron chi connectivity index (χ3n) is 9.17. The highest BCUT2D eigenvalue weighted by Gasteiger charge is 2.53. The summed E-state index contributed by atoms with van der Waals surface area (Å²) in [7, 11) is -1.53. The molecule has 0 aromatic carbocycles. The summed E-state index contributed by atoms with van der Waals surface area (Å²) in [6.07, 6.45) is 10.3. The summed E-state index contributed by atoms with van der Waals surface area (Å²) in [5.41, 5.74) is 0.462. The van der Waals surface area contributed by atoms with Crippen molar-refractivity contribution in [2.24, 2.45) is 23.2 Å². The van der Waals surface area contributed by atoms with Crippen LogP contribution in [0.4, 0.5) is 0 Å². The van der Waals surface area contributed by atoms with E-state index in [1.807, 2.05) is 6.07 Å². The molecular formula is C26H46O2SSi. The molecule has 3 rings (SSSR count). The van der Waals surface area contributed by atoms with E-state index >= 15 is 0 Å². The van der Waals surface area contributed by atoms with Crippen molar-refractivity contribution >= 4 is 19.7 Å². The van der Waals surface area contributed by atoms with Crippen LogP contribution in [0.25, 0.3) is 0 Å². The molecule has 6 atom stereocenters. The van der Waals surface area contributed by atoms with Crippen molar-refractivity contribution in [1.82, 2.24) is 0 Å². The highest BCUT2D eigenvalue weighted by molar-refractivity contribution is 7.10. The van der Waals surface area contributed by atoms with Crippen molar-refractivity contribution in [3.05, 3.63) is 22.4 Å². The molecule has 1 aromatic heterocycles. The van der Waals surface area contributed by atoms with E-state index in [4.69, 9.17) is 4.43 Å². The van der Waals surface area contributed by atoms with Crippen molar-refractivity contribution in [2.45, 2.75) is 116 Å². The summed E-state index contributed by atoms with van der Waals surface area (Å²) in [6, 6.07) is 7.92. The average molecular weight is 451 g/mol. The van der Waals surface area contributed by atoms with Crippen LogP contribution in [-0.2, 0) is 4.43 Å². The van der Waals surface area contributed by atoms with E-state index in [0.717, 1.165) is 35.5 Å². The van der Waals surface area contributed by atoms with Crippen LogP contribution in [0, 0.1) is 23.2 Å². The van der Waals surface area contributed by atoms with Gasteiger partial charge in [-0.25, -0.2) is 0 Å². The maximum atomic E-state index is 10.4. The highest BCUT2D eigenvalue weighted by atomic mass is 32.1. The Morgan fingerprint density at radius 1 is 1.17 bits per heavy atom. The van der Waals surface area contributed by atoms with Gasteiger partial charge >= 0.3 is 0 Å². The zero-order chi connectivity index (χ0) is 21.8. The van der Waals surface area contributed by atoms with E-state index in [1.165, 1.54) is 56.7 Å². The molecule has 6 unspecified atom stereocenters. The van der Waals surface area contributed by atoms with Gasteiger partial charge in [0.15, 0.2) is 8.32 Å². The predicted molar refractivity (Wildman–Crippen MR) is 133 cm³/mol. The van der Waals surface area contributed by atoms with Crippen molar-refractivity contribution in [3.8, 4) is 0 Å². The summed E-state index contributed by atoms with van der Waals surface area (Å²) in [5.74, 6) is 2.35. The molecule has 0 saturated heterocycles. The first-order valence-corrected chi connectivity index (χ1v) is 16.2. The molecule has 2 nitrogen and oxygen atoms in total. The quantitative estimate of drug-likeness (QED) is 0.344. The fourth-order valence-corrected chi connectivity index (χ4v) is 10.7. The van der Waals surface area contributed by atoms with Gasteiger partial charge in [0.2, 0.25) is 0 Å². The van der Waals surface area contributed by atoms with E-state index in [0.29, 0.717) is 11.5 Å². The largest absolute Gasteiger partial charge is 0.414 e. The third-order valence-corrected chi connectivity index (χ3v) is 14.8. The minimum Gasteiger partial charge on any atom is -0.414 e. The standard InChI is InChI=1S/C26H46O2SSi/c1-6-30(7-2,8-3)28-24-14-10-18-26(5)21(16-17-22(24)26)20(4)12-9-13-23(27)25-15-11-19-29-25/h11,15,19-24,27H,6-10,12-14,16-18H2,1-5H3. The van der Waals surface area contributed by atoms with Crippen LogP contribution in [0.15, 0.2) is 17.5 Å². The van der Waals surface area contributed by atoms with Crippen LogP contribution in [0.2, 0.25) is 18.1 Å². The maximum Gasteiger partial charge on any atom is 0.192 e. The summed E-state index contributed by atoms with van der Waals surface area (Å²) in [6.45, 7) is 12.2. The predicted octanol–water partition coefficient (Wildman–Crippen LogP) is 8.19. The van der Waals surface area contributed by atoms with Gasteiger partial charge < -0.3 is 9.53 Å². The smallest absolute Gasteiger partial charge is 0.192 e. The summed E-state index contributed by atoms with van der Waals surface area (Å²) in [4.78, 5) is 1.12. The molecule has 4 heteroatoms. The molecule has 0 radical (unpaired) electrons. The fourth-order valence-electron chi connectivity index (χ4n) is 7.01. The average Bonchev–Trinajstić information content (AvgIpc) is 3.40. The number of hydrogen-bond acceptors (Lipinski definition) is 3. The lowest BCUT2D eigenvalue weighted by atomic mass is 9.61. The van der Waals surface area contributed by atoms with E-state index in [2.05, 4.69) is 46.1 Å². The minimum absolute atomic E-state index is 0.271. The molecule has 172 valence electrons. The second-order valence-corrected chi connectivity index (χ2v) is 16.2. The monoisotopic (exact) mass is 450 g/mol. The van der Waals surface area contributed by atoms with Crippen LogP contribution < -0.4 is 0 Å². The zero-order valence-corrected chi connectivity index (χ0v) is 22.0. The van der Waals surface area contributed by atoms with E-state index in [1.54, 1.807) is 11.3 Å². The number of thiophene rings is 1. The van der Waals surface area contributed by atoms with Crippen LogP contribution in [-0.4, -0.2) is 19.5 Å². The first-order valence-electron chi connectivity index (χ1n) is 12.8. The zero-order valence-electron chi connectivity index (χ0n) is 20.2. The lowest BCUT2D eigenvalue weighted by Crippen LogP contribution is -2.48. The van der Waals surface area contributed by atoms with Gasteiger partial charge in [-0.1, -0.05) is 59.9 Å². The van der Waals surface area contributed by atoms with Crippen LogP contribution in [0.5, 0.6) is 0 Å². The fraction of sp³-hybridized carbons (Fsp3) is 0.846. The molecule has 1 heterocycles. The van der Waals surface area contributed by atoms with Crippen LogP contribution in [0.3, 0.4) is 0 Å². The second-order valence-electron chi connectivity index (χ2n) is 10.5. The molecule has 1 N–H and O–H groups in total. The Balaban J connectivity index is 1.58. The second kappa shape index (κ2) is 10.6. The summed E-state index contributed by atoms with van der Waals surface area (Å²) < 4.78 is 7.09. The topological polar surface area (TPSA) is 29.5 Å². The van der Waals surface area contributed by atoms with Gasteiger partial charge in [0.25, 0.3) is 0 Å². The molecular weight excluding hydrogens is 404 g/mol. The van der Waals surface area contributed by atoms with Crippen LogP contribution in [0.1, 0.15) is 97.0 Å². The van der Waals surface area contributed by atoms with E-state index < -0.39 is 8.32 Å². The Bertz CT molecular complexity index is 621. The molecule has 30 heavy (non-hydrogen) atoms. The van der Waals surface area contributed by atoms with Crippen molar-refractivity contribution < 1.29 is 9.53 Å². The minimum atomic E-state index is -1.53. The number of aliphatic hydroxyl groups excluding tert-OH is 1. The van der Waals surface area contributed by atoms with Crippen LogP contribution >= 0.6 is 11.3 Å². The summed E-state index contributed by atoms with van der Waals surface area (Å²) >= 11 is 1.68. The van der Waals surface area contributed by atoms with Gasteiger partial charge in [0.1, 0.15) is 0 Å². The Labute approximate surface area is 191 Å². The first-order chi connectivity index (χ1) is 14.4. The van der Waals surface area contributed by atoms with Crippen molar-refractivity contribution in [2.75, 3.05) is 0 Å². The maximum absolute atomic E-state index is 10.4. The molecule has 1 aromatic rings. The lowest BCUT2D eigenvalue weighted by molar-refractivity contribution is -0.0205. The molecule has 2 fully saturated rings. The number of hydrogen-bond donors (Lipinski definition) is 1. The third kappa shape index (κ3) is 5.08. The molecule has 0 amide bonds. The number of rotatable bonds is 11. The Hall–Kier alpha value is -0.163. The Kier molecular flexibility index (Phi) is 8.68. The number of fused-ring (bicyclic) bond motifs is 1. The molecule has 0 spiro atoms. The molecule has 0 aliphatic heterocycles. The number of aliphatic hydroxyl groups is 1. The molecule has 2 aliphatic rings. The van der Waals surface area contributed by atoms with Gasteiger partial charge in [-0.3, -0.25) is 0 Å². The van der Waals surface area contributed by atoms with Gasteiger partial charge in [0, 0.05) is 11.0 Å². The normalized spacial score (nSPS) is 31.5. The van der Waals surface area contributed by atoms with Gasteiger partial charge in [-0.2, -0.15) is 0 Å². The highest BCUT2D eigenvalue weighted by Crippen LogP contribution is 2.59. The van der Waals surface area contributed by atoms with E-state index in [9.17, 15) is 5.11 Å². The molecule has 0 bridgehead atoms. The molecule has 2 aliphatic carbocycles. The SMILES string of the molecule is CC[Si](CC)(CC)OC1CCCC2(C)C(C(C)CCCC(O)c3cccs3)CCC12. The van der Waals surface area contributed by atoms with Gasteiger partial charge in [0.05, 0.1) is 6.10 Å².